The Morgan fingerprint density at radius 1 is 1.26 bits per heavy atom. The molecule has 0 amide bonds. The van der Waals surface area contributed by atoms with E-state index in [1.165, 1.54) is 6.07 Å². The van der Waals surface area contributed by atoms with Gasteiger partial charge in [0, 0.05) is 25.1 Å². The zero-order valence-corrected chi connectivity index (χ0v) is 10.8. The molecule has 0 aliphatic carbocycles. The molecule has 2 aromatic rings. The predicted molar refractivity (Wildman–Crippen MR) is 72.1 cm³/mol. The summed E-state index contributed by atoms with van der Waals surface area (Å²) in [6.07, 6.45) is 0.795. The molecule has 2 N–H and O–H groups in total. The lowest BCUT2D eigenvalue weighted by molar-refractivity contribution is 0.624. The van der Waals surface area contributed by atoms with Gasteiger partial charge in [0.25, 0.3) is 0 Å². The lowest BCUT2D eigenvalue weighted by Crippen LogP contribution is -2.26. The second kappa shape index (κ2) is 5.11. The van der Waals surface area contributed by atoms with Gasteiger partial charge in [-0.15, -0.1) is 0 Å². The van der Waals surface area contributed by atoms with Crippen molar-refractivity contribution in [2.45, 2.75) is 13.0 Å². The fraction of sp³-hybridized carbons (Fsp3) is 0.231. The molecule has 1 aliphatic rings. The highest BCUT2D eigenvalue weighted by molar-refractivity contribution is 6.28. The minimum absolute atomic E-state index is 0.180. The van der Waals surface area contributed by atoms with Crippen LogP contribution >= 0.6 is 11.6 Å². The molecule has 0 bridgehead atoms. The summed E-state index contributed by atoms with van der Waals surface area (Å²) < 4.78 is 13.7. The van der Waals surface area contributed by atoms with Crippen LogP contribution in [0, 0.1) is 5.82 Å². The molecule has 98 valence electrons. The van der Waals surface area contributed by atoms with Gasteiger partial charge in [0.2, 0.25) is 5.28 Å². The van der Waals surface area contributed by atoms with E-state index in [1.54, 1.807) is 18.2 Å². The van der Waals surface area contributed by atoms with Crippen molar-refractivity contribution < 1.29 is 4.39 Å². The molecule has 0 fully saturated rings. The van der Waals surface area contributed by atoms with Crippen LogP contribution in [0.5, 0.6) is 0 Å². The number of fused-ring (bicyclic) bond motifs is 1. The summed E-state index contributed by atoms with van der Waals surface area (Å²) in [5, 5.41) is 6.42. The van der Waals surface area contributed by atoms with Crippen molar-refractivity contribution >= 4 is 23.1 Å². The summed E-state index contributed by atoms with van der Waals surface area (Å²) in [6, 6.07) is 6.47. The number of halogens is 2. The lowest BCUT2D eigenvalue weighted by atomic mass is 10.1. The van der Waals surface area contributed by atoms with E-state index in [1.807, 2.05) is 0 Å². The number of rotatable bonds is 2. The van der Waals surface area contributed by atoms with Crippen molar-refractivity contribution in [3.8, 4) is 0 Å². The Labute approximate surface area is 115 Å². The third-order valence-electron chi connectivity index (χ3n) is 3.03. The molecule has 0 atom stereocenters. The molecular weight excluding hydrogens is 267 g/mol. The monoisotopic (exact) mass is 278 g/mol. The van der Waals surface area contributed by atoms with Crippen LogP contribution in [-0.2, 0) is 13.0 Å². The van der Waals surface area contributed by atoms with Crippen molar-refractivity contribution in [1.29, 1.82) is 0 Å². The molecule has 19 heavy (non-hydrogen) atoms. The van der Waals surface area contributed by atoms with Gasteiger partial charge in [-0.1, -0.05) is 12.1 Å². The van der Waals surface area contributed by atoms with Gasteiger partial charge in [0.05, 0.1) is 11.4 Å². The molecule has 0 saturated heterocycles. The molecule has 3 rings (SSSR count). The first kappa shape index (κ1) is 12.3. The van der Waals surface area contributed by atoms with Crippen LogP contribution in [-0.4, -0.2) is 16.5 Å². The fourth-order valence-corrected chi connectivity index (χ4v) is 2.29. The van der Waals surface area contributed by atoms with Crippen LogP contribution < -0.4 is 10.6 Å². The van der Waals surface area contributed by atoms with E-state index in [9.17, 15) is 4.39 Å². The molecule has 2 heterocycles. The first-order valence-corrected chi connectivity index (χ1v) is 6.39. The van der Waals surface area contributed by atoms with Crippen molar-refractivity contribution in [1.82, 2.24) is 15.3 Å². The summed E-state index contributed by atoms with van der Waals surface area (Å²) >= 11 is 5.91. The van der Waals surface area contributed by atoms with Gasteiger partial charge in [-0.05, 0) is 23.7 Å². The Morgan fingerprint density at radius 3 is 2.95 bits per heavy atom. The highest BCUT2D eigenvalue weighted by atomic mass is 35.5. The Morgan fingerprint density at radius 2 is 2.11 bits per heavy atom. The molecule has 6 heteroatoms. The maximum Gasteiger partial charge on any atom is 0.224 e. The summed E-state index contributed by atoms with van der Waals surface area (Å²) in [7, 11) is 0. The Hall–Kier alpha value is -1.72. The zero-order chi connectivity index (χ0) is 13.2. The molecule has 1 aliphatic heterocycles. The molecule has 0 spiro atoms. The van der Waals surface area contributed by atoms with Crippen LogP contribution in [0.1, 0.15) is 11.3 Å². The molecule has 4 nitrogen and oxygen atoms in total. The van der Waals surface area contributed by atoms with E-state index in [-0.39, 0.29) is 11.1 Å². The summed E-state index contributed by atoms with van der Waals surface area (Å²) in [5.41, 5.74) is 2.24. The molecule has 0 unspecified atom stereocenters. The van der Waals surface area contributed by atoms with Crippen molar-refractivity contribution in [2.24, 2.45) is 0 Å². The summed E-state index contributed by atoms with van der Waals surface area (Å²) in [5.74, 6) is 0.238. The molecular formula is C13H12ClFN4. The third kappa shape index (κ3) is 2.52. The second-order valence-corrected chi connectivity index (χ2v) is 4.64. The van der Waals surface area contributed by atoms with E-state index < -0.39 is 0 Å². The molecule has 0 saturated carbocycles. The average Bonchev–Trinajstić information content (AvgIpc) is 2.41. The second-order valence-electron chi connectivity index (χ2n) is 4.30. The first-order valence-electron chi connectivity index (χ1n) is 6.01. The van der Waals surface area contributed by atoms with Gasteiger partial charge in [-0.2, -0.15) is 0 Å². The lowest BCUT2D eigenvalue weighted by Gasteiger charge is -2.19. The Balaban J connectivity index is 2.01. The molecule has 0 radical (unpaired) electrons. The van der Waals surface area contributed by atoms with E-state index in [0.717, 1.165) is 24.2 Å². The van der Waals surface area contributed by atoms with E-state index in [0.29, 0.717) is 18.1 Å². The highest BCUT2D eigenvalue weighted by Gasteiger charge is 2.17. The van der Waals surface area contributed by atoms with Crippen LogP contribution in [0.3, 0.4) is 0 Å². The van der Waals surface area contributed by atoms with Crippen LogP contribution in [0.25, 0.3) is 0 Å². The van der Waals surface area contributed by atoms with Crippen LogP contribution in [0.4, 0.5) is 15.9 Å². The SMILES string of the molecule is Fc1ccccc1Nc1nc(Cl)nc2c1CNCC2. The fourth-order valence-electron chi connectivity index (χ4n) is 2.11. The van der Waals surface area contributed by atoms with Crippen LogP contribution in [0.15, 0.2) is 24.3 Å². The smallest absolute Gasteiger partial charge is 0.224 e. The predicted octanol–water partition coefficient (Wildman–Crippen LogP) is 2.66. The normalized spacial score (nSPS) is 14.0. The van der Waals surface area contributed by atoms with Crippen LogP contribution in [0.2, 0.25) is 5.28 Å². The largest absolute Gasteiger partial charge is 0.337 e. The maximum absolute atomic E-state index is 13.7. The standard InChI is InChI=1S/C13H12ClFN4/c14-13-18-10-5-6-16-7-8(10)12(19-13)17-11-4-2-1-3-9(11)15/h1-4,16H,5-7H2,(H,17,18,19). The minimum atomic E-state index is -0.324. The first-order chi connectivity index (χ1) is 9.24. The zero-order valence-electron chi connectivity index (χ0n) is 10.1. The number of hydrogen-bond acceptors (Lipinski definition) is 4. The highest BCUT2D eigenvalue weighted by Crippen LogP contribution is 2.26. The van der Waals surface area contributed by atoms with Gasteiger partial charge in [-0.3, -0.25) is 0 Å². The summed E-state index contributed by atoms with van der Waals surface area (Å²) in [6.45, 7) is 1.52. The number of hydrogen-bond donors (Lipinski definition) is 2. The van der Waals surface area contributed by atoms with Gasteiger partial charge in [0.1, 0.15) is 11.6 Å². The van der Waals surface area contributed by atoms with E-state index in [2.05, 4.69) is 20.6 Å². The van der Waals surface area contributed by atoms with E-state index >= 15 is 0 Å². The topological polar surface area (TPSA) is 49.8 Å². The van der Waals surface area contributed by atoms with Crippen molar-refractivity contribution in [3.63, 3.8) is 0 Å². The third-order valence-corrected chi connectivity index (χ3v) is 3.20. The van der Waals surface area contributed by atoms with Gasteiger partial charge < -0.3 is 10.6 Å². The van der Waals surface area contributed by atoms with Gasteiger partial charge in [0.15, 0.2) is 0 Å². The quantitative estimate of drug-likeness (QED) is 0.829. The molecule has 1 aromatic carbocycles. The minimum Gasteiger partial charge on any atom is -0.337 e. The van der Waals surface area contributed by atoms with Crippen molar-refractivity contribution in [3.05, 3.63) is 46.6 Å². The number of benzene rings is 1. The number of nitrogens with one attached hydrogen (secondary N) is 2. The van der Waals surface area contributed by atoms with Gasteiger partial charge in [-0.25, -0.2) is 14.4 Å². The van der Waals surface area contributed by atoms with E-state index in [4.69, 9.17) is 11.6 Å². The number of aromatic nitrogens is 2. The number of anilines is 2. The number of nitrogens with zero attached hydrogens (tertiary/aromatic N) is 2. The summed E-state index contributed by atoms with van der Waals surface area (Å²) in [4.78, 5) is 8.38. The average molecular weight is 279 g/mol. The number of para-hydroxylation sites is 1. The van der Waals surface area contributed by atoms with Crippen molar-refractivity contribution in [2.75, 3.05) is 11.9 Å². The Bertz CT molecular complexity index is 618. The Kier molecular flexibility index (Phi) is 3.31. The molecule has 1 aromatic heterocycles. The maximum atomic E-state index is 13.7. The van der Waals surface area contributed by atoms with Gasteiger partial charge >= 0.3 is 0 Å².